The third-order valence-corrected chi connectivity index (χ3v) is 5.74. The van der Waals surface area contributed by atoms with Gasteiger partial charge in [-0.3, -0.25) is 0 Å². The van der Waals surface area contributed by atoms with E-state index in [9.17, 15) is 0 Å². The van der Waals surface area contributed by atoms with E-state index in [1.165, 1.54) is 76.7 Å². The zero-order chi connectivity index (χ0) is 14.9. The van der Waals surface area contributed by atoms with Crippen LogP contribution in [0.2, 0.25) is 6.04 Å². The van der Waals surface area contributed by atoms with Gasteiger partial charge in [-0.25, -0.2) is 0 Å². The maximum Gasteiger partial charge on any atom is 0.321 e. The minimum absolute atomic E-state index is 0.913. The van der Waals surface area contributed by atoms with Crippen LogP contribution in [0.1, 0.15) is 91.4 Å². The van der Waals surface area contributed by atoms with Gasteiger partial charge in [0.15, 0.2) is 0 Å². The van der Waals surface area contributed by atoms with Gasteiger partial charge >= 0.3 is 9.28 Å². The molecule has 0 unspecified atom stereocenters. The molecule has 0 fully saturated rings. The molecule has 0 aliphatic carbocycles. The molecule has 0 spiro atoms. The standard InChI is InChI=1S/C17H38O2Si/c1-4-7-10-11-12-13-14-17-20(18-15-8-5-2)19-16-9-6-3/h20H,4-17H2,1-3H3. The summed E-state index contributed by atoms with van der Waals surface area (Å²) in [6.45, 7) is 8.53. The quantitative estimate of drug-likeness (QED) is 0.273. The highest BCUT2D eigenvalue weighted by molar-refractivity contribution is 6.44. The van der Waals surface area contributed by atoms with Crippen molar-refractivity contribution in [3.05, 3.63) is 0 Å². The molecule has 0 aromatic rings. The van der Waals surface area contributed by atoms with E-state index in [1.54, 1.807) is 0 Å². The fourth-order valence-electron chi connectivity index (χ4n) is 2.20. The van der Waals surface area contributed by atoms with E-state index in [2.05, 4.69) is 20.8 Å². The van der Waals surface area contributed by atoms with Crippen molar-refractivity contribution >= 4 is 9.28 Å². The van der Waals surface area contributed by atoms with Crippen LogP contribution in [0.15, 0.2) is 0 Å². The monoisotopic (exact) mass is 302 g/mol. The van der Waals surface area contributed by atoms with Crippen LogP contribution in [-0.4, -0.2) is 22.5 Å². The van der Waals surface area contributed by atoms with Gasteiger partial charge in [-0.15, -0.1) is 0 Å². The summed E-state index contributed by atoms with van der Waals surface area (Å²) in [4.78, 5) is 0. The van der Waals surface area contributed by atoms with Gasteiger partial charge in [0.05, 0.1) is 0 Å². The predicted octanol–water partition coefficient (Wildman–Crippen LogP) is 5.59. The fourth-order valence-corrected chi connectivity index (χ4v) is 4.11. The molecule has 20 heavy (non-hydrogen) atoms. The maximum absolute atomic E-state index is 5.99. The summed E-state index contributed by atoms with van der Waals surface area (Å²) in [6.07, 6.45) is 14.4. The Labute approximate surface area is 129 Å². The minimum Gasteiger partial charge on any atom is -0.397 e. The summed E-state index contributed by atoms with van der Waals surface area (Å²) in [5, 5.41) is 0. The minimum atomic E-state index is -1.36. The number of unbranched alkanes of at least 4 members (excludes halogenated alkanes) is 8. The zero-order valence-corrected chi connectivity index (χ0v) is 15.4. The first-order valence-electron chi connectivity index (χ1n) is 9.08. The maximum atomic E-state index is 5.99. The summed E-state index contributed by atoms with van der Waals surface area (Å²) in [7, 11) is -1.36. The van der Waals surface area contributed by atoms with Gasteiger partial charge in [0, 0.05) is 13.2 Å². The molecule has 0 atom stereocenters. The van der Waals surface area contributed by atoms with Crippen LogP contribution in [0.3, 0.4) is 0 Å². The van der Waals surface area contributed by atoms with Crippen LogP contribution in [0.5, 0.6) is 0 Å². The van der Waals surface area contributed by atoms with Gasteiger partial charge < -0.3 is 8.85 Å². The van der Waals surface area contributed by atoms with Gasteiger partial charge in [-0.05, 0) is 18.9 Å². The number of rotatable bonds is 16. The molecule has 3 heteroatoms. The van der Waals surface area contributed by atoms with Crippen LogP contribution in [-0.2, 0) is 8.85 Å². The highest BCUT2D eigenvalue weighted by atomic mass is 28.3. The molecule has 0 aliphatic heterocycles. The largest absolute Gasteiger partial charge is 0.397 e. The molecule has 0 heterocycles. The third kappa shape index (κ3) is 14.5. The molecule has 0 bridgehead atoms. The van der Waals surface area contributed by atoms with Gasteiger partial charge in [0.1, 0.15) is 0 Å². The van der Waals surface area contributed by atoms with E-state index in [0.717, 1.165) is 13.2 Å². The van der Waals surface area contributed by atoms with E-state index in [0.29, 0.717) is 0 Å². The van der Waals surface area contributed by atoms with Crippen LogP contribution >= 0.6 is 0 Å². The first-order chi connectivity index (χ1) is 9.85. The second-order valence-electron chi connectivity index (χ2n) is 5.79. The predicted molar refractivity (Wildman–Crippen MR) is 91.7 cm³/mol. The number of hydrogen-bond acceptors (Lipinski definition) is 2. The molecule has 0 N–H and O–H groups in total. The summed E-state index contributed by atoms with van der Waals surface area (Å²) in [6, 6.07) is 1.21. The van der Waals surface area contributed by atoms with Crippen molar-refractivity contribution < 1.29 is 8.85 Å². The Balaban J connectivity index is 3.56. The highest BCUT2D eigenvalue weighted by Gasteiger charge is 2.12. The highest BCUT2D eigenvalue weighted by Crippen LogP contribution is 2.12. The van der Waals surface area contributed by atoms with E-state index >= 15 is 0 Å². The summed E-state index contributed by atoms with van der Waals surface area (Å²) in [5.74, 6) is 0. The van der Waals surface area contributed by atoms with Crippen molar-refractivity contribution in [1.29, 1.82) is 0 Å². The van der Waals surface area contributed by atoms with Gasteiger partial charge in [0.2, 0.25) is 0 Å². The summed E-state index contributed by atoms with van der Waals surface area (Å²) >= 11 is 0. The van der Waals surface area contributed by atoms with Crippen molar-refractivity contribution in [3.8, 4) is 0 Å². The molecule has 0 aromatic carbocycles. The lowest BCUT2D eigenvalue weighted by molar-refractivity contribution is 0.190. The molecular formula is C17H38O2Si. The molecule has 0 radical (unpaired) electrons. The van der Waals surface area contributed by atoms with E-state index in [4.69, 9.17) is 8.85 Å². The lowest BCUT2D eigenvalue weighted by Gasteiger charge is -2.16. The van der Waals surface area contributed by atoms with E-state index in [1.807, 2.05) is 0 Å². The first kappa shape index (κ1) is 20.1. The molecule has 0 saturated carbocycles. The second-order valence-corrected chi connectivity index (χ2v) is 7.89. The Hall–Kier alpha value is 0.137. The average Bonchev–Trinajstić information content (AvgIpc) is 2.46. The first-order valence-corrected chi connectivity index (χ1v) is 10.8. The molecule has 0 aromatic heterocycles. The van der Waals surface area contributed by atoms with Gasteiger partial charge in [0.25, 0.3) is 0 Å². The van der Waals surface area contributed by atoms with Crippen LogP contribution in [0, 0.1) is 0 Å². The molecule has 0 aliphatic rings. The van der Waals surface area contributed by atoms with Gasteiger partial charge in [-0.2, -0.15) is 0 Å². The molecule has 2 nitrogen and oxygen atoms in total. The van der Waals surface area contributed by atoms with Crippen molar-refractivity contribution in [2.75, 3.05) is 13.2 Å². The van der Waals surface area contributed by atoms with Crippen LogP contribution < -0.4 is 0 Å². The van der Waals surface area contributed by atoms with Crippen LogP contribution in [0.25, 0.3) is 0 Å². The molecule has 0 saturated heterocycles. The number of hydrogen-bond donors (Lipinski definition) is 0. The van der Waals surface area contributed by atoms with Crippen molar-refractivity contribution in [3.63, 3.8) is 0 Å². The average molecular weight is 303 g/mol. The summed E-state index contributed by atoms with van der Waals surface area (Å²) in [5.41, 5.74) is 0. The SMILES string of the molecule is CCCCCCCCC[SiH](OCCCC)OCCCC. The Morgan fingerprint density at radius 2 is 1.00 bits per heavy atom. The Morgan fingerprint density at radius 1 is 0.550 bits per heavy atom. The third-order valence-electron chi connectivity index (χ3n) is 3.65. The Bertz CT molecular complexity index is 166. The molecular weight excluding hydrogens is 264 g/mol. The molecule has 0 amide bonds. The normalized spacial score (nSPS) is 11.4. The Kier molecular flexibility index (Phi) is 17.3. The smallest absolute Gasteiger partial charge is 0.321 e. The zero-order valence-electron chi connectivity index (χ0n) is 14.3. The van der Waals surface area contributed by atoms with Crippen molar-refractivity contribution in [1.82, 2.24) is 0 Å². The van der Waals surface area contributed by atoms with E-state index < -0.39 is 9.28 Å². The Morgan fingerprint density at radius 3 is 1.50 bits per heavy atom. The summed E-state index contributed by atoms with van der Waals surface area (Å²) < 4.78 is 12.0. The van der Waals surface area contributed by atoms with Gasteiger partial charge in [-0.1, -0.05) is 78.6 Å². The second kappa shape index (κ2) is 17.2. The van der Waals surface area contributed by atoms with E-state index in [-0.39, 0.29) is 0 Å². The molecule has 0 rings (SSSR count). The van der Waals surface area contributed by atoms with Crippen molar-refractivity contribution in [2.45, 2.75) is 97.4 Å². The molecule has 122 valence electrons. The van der Waals surface area contributed by atoms with Crippen LogP contribution in [0.4, 0.5) is 0 Å². The lowest BCUT2D eigenvalue weighted by Crippen LogP contribution is -2.24. The van der Waals surface area contributed by atoms with Crippen molar-refractivity contribution in [2.24, 2.45) is 0 Å². The lowest BCUT2D eigenvalue weighted by atomic mass is 10.1. The fraction of sp³-hybridized carbons (Fsp3) is 1.00. The topological polar surface area (TPSA) is 18.5 Å².